The van der Waals surface area contributed by atoms with E-state index in [4.69, 9.17) is 23.4 Å². The SMILES string of the molecule is C[C@H]1O[C@@H](OC[C@H]2O[C@@H](Oc3cc(O)c4c(=O)cc(-c5ccccc5)oc4c3)[C@H](O)[C@@H](O)[C@@H]2O)[C@H](O)[C@@H](O)[C@H]1O. The first kappa shape index (κ1) is 28.4. The van der Waals surface area contributed by atoms with Gasteiger partial charge in [-0.15, -0.1) is 0 Å². The summed E-state index contributed by atoms with van der Waals surface area (Å²) in [5, 5.41) is 71.7. The zero-order valence-electron chi connectivity index (χ0n) is 21.2. The third-order valence-electron chi connectivity index (χ3n) is 7.00. The van der Waals surface area contributed by atoms with Gasteiger partial charge in [0.05, 0.1) is 12.7 Å². The summed E-state index contributed by atoms with van der Waals surface area (Å²) in [6, 6.07) is 12.5. The summed E-state index contributed by atoms with van der Waals surface area (Å²) in [6.07, 6.45) is -14.7. The molecule has 0 saturated carbocycles. The molecule has 0 bridgehead atoms. The van der Waals surface area contributed by atoms with E-state index in [-0.39, 0.29) is 22.5 Å². The zero-order valence-corrected chi connectivity index (χ0v) is 21.2. The Morgan fingerprint density at radius 2 is 1.48 bits per heavy atom. The number of hydrogen-bond donors (Lipinski definition) is 7. The number of aliphatic hydroxyl groups is 6. The Morgan fingerprint density at radius 3 is 2.20 bits per heavy atom. The fraction of sp³-hybridized carbons (Fsp3) is 0.444. The maximum atomic E-state index is 12.7. The molecule has 5 rings (SSSR count). The Kier molecular flexibility index (Phi) is 8.10. The van der Waals surface area contributed by atoms with Gasteiger partial charge < -0.3 is 59.1 Å². The van der Waals surface area contributed by atoms with Crippen molar-refractivity contribution in [3.63, 3.8) is 0 Å². The van der Waals surface area contributed by atoms with Crippen LogP contribution in [0.1, 0.15) is 6.92 Å². The van der Waals surface area contributed by atoms with Crippen LogP contribution in [0.5, 0.6) is 11.5 Å². The Balaban J connectivity index is 1.35. The molecular formula is C27H30O13. The fourth-order valence-corrected chi connectivity index (χ4v) is 4.68. The number of phenolic OH excluding ortho intramolecular Hbond substituents is 1. The second-order valence-electron chi connectivity index (χ2n) is 9.80. The zero-order chi connectivity index (χ0) is 28.7. The van der Waals surface area contributed by atoms with Gasteiger partial charge in [-0.2, -0.15) is 0 Å². The molecular weight excluding hydrogens is 532 g/mol. The molecule has 13 nitrogen and oxygen atoms in total. The van der Waals surface area contributed by atoms with E-state index in [0.717, 1.165) is 6.07 Å². The summed E-state index contributed by atoms with van der Waals surface area (Å²) in [6.45, 7) is 0.996. The van der Waals surface area contributed by atoms with Crippen molar-refractivity contribution >= 4 is 11.0 Å². The van der Waals surface area contributed by atoms with Crippen LogP contribution in [0.4, 0.5) is 0 Å². The number of ether oxygens (including phenoxy) is 4. The van der Waals surface area contributed by atoms with Crippen LogP contribution in [0.2, 0.25) is 0 Å². The summed E-state index contributed by atoms with van der Waals surface area (Å²) in [4.78, 5) is 12.7. The van der Waals surface area contributed by atoms with Crippen molar-refractivity contribution in [2.24, 2.45) is 0 Å². The summed E-state index contributed by atoms with van der Waals surface area (Å²) < 4.78 is 28.0. The minimum absolute atomic E-state index is 0.00887. The number of fused-ring (bicyclic) bond motifs is 1. The minimum Gasteiger partial charge on any atom is -0.507 e. The van der Waals surface area contributed by atoms with Crippen LogP contribution in [-0.4, -0.2) is 104 Å². The molecule has 1 aromatic heterocycles. The van der Waals surface area contributed by atoms with Gasteiger partial charge in [0.15, 0.2) is 11.7 Å². The van der Waals surface area contributed by atoms with Crippen LogP contribution in [0.3, 0.4) is 0 Å². The largest absolute Gasteiger partial charge is 0.507 e. The summed E-state index contributed by atoms with van der Waals surface area (Å²) >= 11 is 0. The average Bonchev–Trinajstić information content (AvgIpc) is 2.94. The Labute approximate surface area is 227 Å². The highest BCUT2D eigenvalue weighted by Crippen LogP contribution is 2.33. The van der Waals surface area contributed by atoms with E-state index in [0.29, 0.717) is 5.56 Å². The third kappa shape index (κ3) is 5.43. The first-order chi connectivity index (χ1) is 19.0. The Hall–Kier alpha value is -3.11. The van der Waals surface area contributed by atoms with Crippen molar-refractivity contribution in [1.29, 1.82) is 0 Å². The van der Waals surface area contributed by atoms with Crippen LogP contribution in [-0.2, 0) is 14.2 Å². The predicted octanol–water partition coefficient (Wildman–Crippen LogP) is -0.804. The molecule has 13 heteroatoms. The second kappa shape index (κ2) is 11.4. The van der Waals surface area contributed by atoms with Crippen LogP contribution in [0, 0.1) is 0 Å². The van der Waals surface area contributed by atoms with Gasteiger partial charge in [-0.3, -0.25) is 4.79 Å². The summed E-state index contributed by atoms with van der Waals surface area (Å²) in [5.74, 6) is -0.286. The van der Waals surface area contributed by atoms with Gasteiger partial charge in [-0.25, -0.2) is 0 Å². The van der Waals surface area contributed by atoms with Crippen molar-refractivity contribution in [2.75, 3.05) is 6.61 Å². The van der Waals surface area contributed by atoms with Crippen LogP contribution >= 0.6 is 0 Å². The number of benzene rings is 2. The average molecular weight is 563 g/mol. The van der Waals surface area contributed by atoms with Gasteiger partial charge in [0.25, 0.3) is 0 Å². The molecule has 40 heavy (non-hydrogen) atoms. The van der Waals surface area contributed by atoms with Gasteiger partial charge in [-0.05, 0) is 6.92 Å². The van der Waals surface area contributed by atoms with Crippen LogP contribution in [0.15, 0.2) is 57.7 Å². The summed E-state index contributed by atoms with van der Waals surface area (Å²) in [5.41, 5.74) is 0.125. The lowest BCUT2D eigenvalue weighted by Crippen LogP contribution is -2.61. The standard InChI is InChI=1S/C27H30O13/c1-11-20(30)22(32)24(34)26(37-11)36-10-18-21(31)23(33)25(35)27(40-18)38-13-7-14(28)19-15(29)9-16(39-17(19)8-13)12-5-3-2-4-6-12/h2-9,11,18,20-28,30-35H,10H2,1H3/t11-,18-,20+,21-,22+,23+,24-,25-,26-,27-/m1/s1. The van der Waals surface area contributed by atoms with Crippen LogP contribution in [0.25, 0.3) is 22.3 Å². The number of aliphatic hydroxyl groups excluding tert-OH is 6. The third-order valence-corrected chi connectivity index (χ3v) is 7.00. The lowest BCUT2D eigenvalue weighted by molar-refractivity contribution is -0.318. The highest BCUT2D eigenvalue weighted by Gasteiger charge is 2.47. The van der Waals surface area contributed by atoms with E-state index < -0.39 is 79.2 Å². The monoisotopic (exact) mass is 562 g/mol. The topological polar surface area (TPSA) is 209 Å². The Bertz CT molecular complexity index is 1380. The number of phenols is 1. The second-order valence-corrected chi connectivity index (χ2v) is 9.80. The van der Waals surface area contributed by atoms with Crippen molar-refractivity contribution in [3.05, 3.63) is 58.8 Å². The molecule has 10 atom stereocenters. The quantitative estimate of drug-likeness (QED) is 0.196. The first-order valence-corrected chi connectivity index (χ1v) is 12.6. The van der Waals surface area contributed by atoms with Gasteiger partial charge in [0, 0.05) is 23.8 Å². The molecule has 3 aromatic rings. The Morgan fingerprint density at radius 1 is 0.800 bits per heavy atom. The van der Waals surface area contributed by atoms with Crippen molar-refractivity contribution in [1.82, 2.24) is 0 Å². The molecule has 7 N–H and O–H groups in total. The summed E-state index contributed by atoms with van der Waals surface area (Å²) in [7, 11) is 0. The maximum absolute atomic E-state index is 12.7. The van der Waals surface area contributed by atoms with Crippen LogP contribution < -0.4 is 10.2 Å². The molecule has 2 aliphatic heterocycles. The number of aromatic hydroxyl groups is 1. The van der Waals surface area contributed by atoms with E-state index >= 15 is 0 Å². The van der Waals surface area contributed by atoms with Gasteiger partial charge in [0.2, 0.25) is 6.29 Å². The fourth-order valence-electron chi connectivity index (χ4n) is 4.68. The molecule has 2 saturated heterocycles. The van der Waals surface area contributed by atoms with Gasteiger partial charge in [0.1, 0.15) is 71.0 Å². The molecule has 0 spiro atoms. The molecule has 0 unspecified atom stereocenters. The van der Waals surface area contributed by atoms with E-state index in [2.05, 4.69) is 0 Å². The first-order valence-electron chi connectivity index (χ1n) is 12.6. The highest BCUT2D eigenvalue weighted by molar-refractivity contribution is 5.86. The lowest BCUT2D eigenvalue weighted by Gasteiger charge is -2.42. The smallest absolute Gasteiger partial charge is 0.229 e. The molecule has 0 amide bonds. The highest BCUT2D eigenvalue weighted by atomic mass is 16.7. The lowest BCUT2D eigenvalue weighted by atomic mass is 9.98. The van der Waals surface area contributed by atoms with E-state index in [1.54, 1.807) is 30.3 Å². The molecule has 0 aliphatic carbocycles. The minimum atomic E-state index is -1.74. The number of rotatable bonds is 6. The normalized spacial score (nSPS) is 34.6. The van der Waals surface area contributed by atoms with Crippen molar-refractivity contribution < 1.29 is 59.1 Å². The maximum Gasteiger partial charge on any atom is 0.229 e. The number of hydrogen-bond acceptors (Lipinski definition) is 13. The molecule has 216 valence electrons. The predicted molar refractivity (Wildman–Crippen MR) is 135 cm³/mol. The molecule has 2 fully saturated rings. The van der Waals surface area contributed by atoms with Crippen molar-refractivity contribution in [2.45, 2.75) is 68.3 Å². The molecule has 2 aliphatic rings. The molecule has 0 radical (unpaired) electrons. The molecule has 3 heterocycles. The molecule has 2 aromatic carbocycles. The van der Waals surface area contributed by atoms with Gasteiger partial charge >= 0.3 is 0 Å². The van der Waals surface area contributed by atoms with Gasteiger partial charge in [-0.1, -0.05) is 30.3 Å². The van der Waals surface area contributed by atoms with E-state index in [1.807, 2.05) is 0 Å². The van der Waals surface area contributed by atoms with Crippen molar-refractivity contribution in [3.8, 4) is 22.8 Å². The van der Waals surface area contributed by atoms with E-state index in [1.165, 1.54) is 19.1 Å². The van der Waals surface area contributed by atoms with E-state index in [9.17, 15) is 40.5 Å².